The Labute approximate surface area is 118 Å². The molecule has 2 heterocycles. The lowest BCUT2D eigenvalue weighted by atomic mass is 10.1. The number of ether oxygens (including phenoxy) is 1. The molecule has 1 aromatic carbocycles. The normalized spacial score (nSPS) is 13.0. The standard InChI is InChI=1S/C12H12N4O3S/c13-16-11(14-15-12(16)20-6-10(17)18)8-1-2-9-7(5-8)3-4-19-9/h1-2,5H,3-4,6,13H2,(H,17,18). The van der Waals surface area contributed by atoms with E-state index in [1.807, 2.05) is 18.2 Å². The van der Waals surface area contributed by atoms with E-state index in [0.29, 0.717) is 17.6 Å². The number of carboxylic acids is 1. The Morgan fingerprint density at radius 1 is 1.50 bits per heavy atom. The topological polar surface area (TPSA) is 103 Å². The molecule has 0 spiro atoms. The van der Waals surface area contributed by atoms with E-state index >= 15 is 0 Å². The zero-order chi connectivity index (χ0) is 14.1. The number of hydrogen-bond acceptors (Lipinski definition) is 6. The molecule has 7 nitrogen and oxygen atoms in total. The summed E-state index contributed by atoms with van der Waals surface area (Å²) in [6, 6.07) is 5.72. The summed E-state index contributed by atoms with van der Waals surface area (Å²) in [4.78, 5) is 10.6. The highest BCUT2D eigenvalue weighted by Crippen LogP contribution is 2.30. The molecular weight excluding hydrogens is 280 g/mol. The van der Waals surface area contributed by atoms with Crippen molar-refractivity contribution < 1.29 is 14.6 Å². The summed E-state index contributed by atoms with van der Waals surface area (Å²) >= 11 is 1.04. The molecule has 104 valence electrons. The number of fused-ring (bicyclic) bond motifs is 1. The van der Waals surface area contributed by atoms with Gasteiger partial charge in [0.05, 0.1) is 12.4 Å². The molecule has 1 aliphatic heterocycles. The van der Waals surface area contributed by atoms with Crippen LogP contribution in [0, 0.1) is 0 Å². The molecule has 1 aliphatic rings. The molecule has 3 rings (SSSR count). The van der Waals surface area contributed by atoms with Crippen molar-refractivity contribution >= 4 is 17.7 Å². The van der Waals surface area contributed by atoms with Gasteiger partial charge in [-0.2, -0.15) is 0 Å². The van der Waals surface area contributed by atoms with Crippen molar-refractivity contribution in [3.63, 3.8) is 0 Å². The fraction of sp³-hybridized carbons (Fsp3) is 0.250. The van der Waals surface area contributed by atoms with E-state index < -0.39 is 5.97 Å². The molecule has 0 bridgehead atoms. The molecule has 0 atom stereocenters. The molecule has 0 fully saturated rings. The van der Waals surface area contributed by atoms with Crippen LogP contribution >= 0.6 is 11.8 Å². The zero-order valence-corrected chi connectivity index (χ0v) is 11.3. The van der Waals surface area contributed by atoms with Crippen molar-refractivity contribution in [1.82, 2.24) is 14.9 Å². The van der Waals surface area contributed by atoms with Crippen molar-refractivity contribution in [3.8, 4) is 17.1 Å². The Morgan fingerprint density at radius 3 is 3.15 bits per heavy atom. The van der Waals surface area contributed by atoms with Gasteiger partial charge in [0.1, 0.15) is 5.75 Å². The van der Waals surface area contributed by atoms with Crippen LogP contribution in [0.4, 0.5) is 0 Å². The largest absolute Gasteiger partial charge is 0.493 e. The van der Waals surface area contributed by atoms with Gasteiger partial charge in [0.25, 0.3) is 0 Å². The maximum atomic E-state index is 10.6. The molecule has 20 heavy (non-hydrogen) atoms. The smallest absolute Gasteiger partial charge is 0.313 e. The predicted molar refractivity (Wildman–Crippen MR) is 73.2 cm³/mol. The molecular formula is C12H12N4O3S. The molecule has 1 aromatic heterocycles. The number of carboxylic acid groups (broad SMARTS) is 1. The predicted octanol–water partition coefficient (Wildman–Crippen LogP) is 0.770. The maximum absolute atomic E-state index is 10.6. The number of carbonyl (C=O) groups is 1. The SMILES string of the molecule is Nn1c(SCC(=O)O)nnc1-c1ccc2c(c1)CCO2. The second-order valence-corrected chi connectivity index (χ2v) is 5.22. The zero-order valence-electron chi connectivity index (χ0n) is 10.4. The lowest BCUT2D eigenvalue weighted by Gasteiger charge is -2.04. The maximum Gasteiger partial charge on any atom is 0.313 e. The van der Waals surface area contributed by atoms with Crippen LogP contribution in [0.3, 0.4) is 0 Å². The third kappa shape index (κ3) is 2.29. The number of thioether (sulfide) groups is 1. The van der Waals surface area contributed by atoms with Gasteiger partial charge >= 0.3 is 5.97 Å². The number of nitrogens with two attached hydrogens (primary N) is 1. The average Bonchev–Trinajstić information content (AvgIpc) is 3.02. The Hall–Kier alpha value is -2.22. The number of aliphatic carboxylic acids is 1. The van der Waals surface area contributed by atoms with Gasteiger partial charge in [-0.1, -0.05) is 11.8 Å². The first-order valence-electron chi connectivity index (χ1n) is 5.96. The summed E-state index contributed by atoms with van der Waals surface area (Å²) in [6.45, 7) is 0.688. The summed E-state index contributed by atoms with van der Waals surface area (Å²) in [7, 11) is 0. The lowest BCUT2D eigenvalue weighted by molar-refractivity contribution is -0.133. The second-order valence-electron chi connectivity index (χ2n) is 4.28. The third-order valence-electron chi connectivity index (χ3n) is 2.94. The Balaban J connectivity index is 1.89. The van der Waals surface area contributed by atoms with E-state index in [9.17, 15) is 4.79 Å². The highest BCUT2D eigenvalue weighted by atomic mass is 32.2. The van der Waals surface area contributed by atoms with Crippen molar-refractivity contribution in [2.24, 2.45) is 0 Å². The lowest BCUT2D eigenvalue weighted by Crippen LogP contribution is -2.12. The van der Waals surface area contributed by atoms with Crippen molar-refractivity contribution in [2.45, 2.75) is 11.6 Å². The minimum atomic E-state index is -0.922. The molecule has 3 N–H and O–H groups in total. The van der Waals surface area contributed by atoms with Gasteiger partial charge in [-0.3, -0.25) is 4.79 Å². The Bertz CT molecular complexity index is 671. The molecule has 0 amide bonds. The fourth-order valence-corrected chi connectivity index (χ4v) is 2.60. The van der Waals surface area contributed by atoms with Gasteiger partial charge in [0.15, 0.2) is 5.82 Å². The van der Waals surface area contributed by atoms with Crippen LogP contribution in [0.15, 0.2) is 23.4 Å². The van der Waals surface area contributed by atoms with E-state index in [0.717, 1.165) is 35.1 Å². The van der Waals surface area contributed by atoms with Crippen LogP contribution in [0.2, 0.25) is 0 Å². The monoisotopic (exact) mass is 292 g/mol. The van der Waals surface area contributed by atoms with Gasteiger partial charge in [0, 0.05) is 12.0 Å². The summed E-state index contributed by atoms with van der Waals surface area (Å²) in [5.74, 6) is 6.28. The van der Waals surface area contributed by atoms with Crippen LogP contribution in [-0.4, -0.2) is 38.3 Å². The van der Waals surface area contributed by atoms with Crippen molar-refractivity contribution in [1.29, 1.82) is 0 Å². The van der Waals surface area contributed by atoms with E-state index in [4.69, 9.17) is 15.7 Å². The first-order chi connectivity index (χ1) is 9.65. The van der Waals surface area contributed by atoms with Gasteiger partial charge in [-0.15, -0.1) is 10.2 Å². The minimum absolute atomic E-state index is 0.104. The summed E-state index contributed by atoms with van der Waals surface area (Å²) < 4.78 is 6.76. The number of nitrogen functional groups attached to an aromatic ring is 1. The highest BCUT2D eigenvalue weighted by molar-refractivity contribution is 7.99. The van der Waals surface area contributed by atoms with E-state index in [1.165, 1.54) is 4.68 Å². The number of benzene rings is 1. The molecule has 0 unspecified atom stereocenters. The first kappa shape index (κ1) is 12.8. The number of nitrogens with zero attached hydrogens (tertiary/aromatic N) is 3. The molecule has 0 radical (unpaired) electrons. The second kappa shape index (κ2) is 5.04. The highest BCUT2D eigenvalue weighted by Gasteiger charge is 2.17. The Morgan fingerprint density at radius 2 is 2.35 bits per heavy atom. The molecule has 0 saturated carbocycles. The van der Waals surface area contributed by atoms with Crippen LogP contribution in [0.1, 0.15) is 5.56 Å². The molecule has 0 saturated heterocycles. The first-order valence-corrected chi connectivity index (χ1v) is 6.95. The molecule has 2 aromatic rings. The third-order valence-corrected chi connectivity index (χ3v) is 3.86. The molecule has 0 aliphatic carbocycles. The van der Waals surface area contributed by atoms with E-state index in [1.54, 1.807) is 0 Å². The van der Waals surface area contributed by atoms with Gasteiger partial charge in [0.2, 0.25) is 5.16 Å². The van der Waals surface area contributed by atoms with Crippen LogP contribution in [-0.2, 0) is 11.2 Å². The average molecular weight is 292 g/mol. The summed E-state index contributed by atoms with van der Waals surface area (Å²) in [5.41, 5.74) is 1.96. The quantitative estimate of drug-likeness (QED) is 0.633. The van der Waals surface area contributed by atoms with Crippen molar-refractivity contribution in [2.75, 3.05) is 18.2 Å². The van der Waals surface area contributed by atoms with Crippen LogP contribution in [0.5, 0.6) is 5.75 Å². The Kier molecular flexibility index (Phi) is 3.23. The fourth-order valence-electron chi connectivity index (χ4n) is 2.02. The summed E-state index contributed by atoms with van der Waals surface area (Å²) in [5, 5.41) is 17.0. The number of hydrogen-bond donors (Lipinski definition) is 2. The minimum Gasteiger partial charge on any atom is -0.493 e. The van der Waals surface area contributed by atoms with Crippen molar-refractivity contribution in [3.05, 3.63) is 23.8 Å². The molecule has 8 heteroatoms. The number of aromatic nitrogens is 3. The van der Waals surface area contributed by atoms with E-state index in [2.05, 4.69) is 10.2 Å². The number of rotatable bonds is 4. The van der Waals surface area contributed by atoms with E-state index in [-0.39, 0.29) is 5.75 Å². The van der Waals surface area contributed by atoms with Gasteiger partial charge < -0.3 is 15.7 Å². The summed E-state index contributed by atoms with van der Waals surface area (Å²) in [6.07, 6.45) is 0.864. The van der Waals surface area contributed by atoms with Gasteiger partial charge in [-0.05, 0) is 23.8 Å². The van der Waals surface area contributed by atoms with Crippen LogP contribution < -0.4 is 10.6 Å². The van der Waals surface area contributed by atoms with Crippen LogP contribution in [0.25, 0.3) is 11.4 Å². The van der Waals surface area contributed by atoms with Gasteiger partial charge in [-0.25, -0.2) is 4.68 Å².